The van der Waals surface area contributed by atoms with Crippen LogP contribution in [0.3, 0.4) is 0 Å². The van der Waals surface area contributed by atoms with Gasteiger partial charge in [0, 0.05) is 29.9 Å². The Kier molecular flexibility index (Phi) is 3.88. The molecule has 0 bridgehead atoms. The fourth-order valence-electron chi connectivity index (χ4n) is 3.73. The van der Waals surface area contributed by atoms with E-state index in [0.717, 1.165) is 40.1 Å². The van der Waals surface area contributed by atoms with E-state index in [1.165, 1.54) is 27.8 Å². The van der Waals surface area contributed by atoms with Crippen LogP contribution in [0.15, 0.2) is 24.3 Å². The molecule has 3 nitrogen and oxygen atoms in total. The summed E-state index contributed by atoms with van der Waals surface area (Å²) in [6.07, 6.45) is 3.43. The summed E-state index contributed by atoms with van der Waals surface area (Å²) in [5.41, 5.74) is 6.38. The van der Waals surface area contributed by atoms with Crippen LogP contribution < -0.4 is 0 Å². The zero-order valence-electron chi connectivity index (χ0n) is 15.1. The minimum atomic E-state index is 0.0282. The van der Waals surface area contributed by atoms with Gasteiger partial charge in [-0.15, -0.1) is 11.3 Å². The molecule has 0 atom stereocenters. The van der Waals surface area contributed by atoms with Gasteiger partial charge in [0.05, 0.1) is 11.3 Å². The highest BCUT2D eigenvalue weighted by Crippen LogP contribution is 2.43. The molecule has 1 aliphatic rings. The van der Waals surface area contributed by atoms with E-state index < -0.39 is 0 Å². The second-order valence-corrected chi connectivity index (χ2v) is 8.13. The van der Waals surface area contributed by atoms with Crippen LogP contribution in [0.2, 0.25) is 0 Å². The number of amides is 1. The molecular weight excluding hydrogens is 328 g/mol. The maximum Gasteiger partial charge on any atom is 0.255 e. The second-order valence-electron chi connectivity index (χ2n) is 7.05. The largest absolute Gasteiger partial charge is 0.345 e. The second kappa shape index (κ2) is 5.95. The maximum atomic E-state index is 13.0. The first kappa shape index (κ1) is 16.3. The first-order chi connectivity index (χ1) is 12.0. The number of fused-ring (bicyclic) bond motifs is 3. The number of nitrogens with zero attached hydrogens (tertiary/aromatic N) is 2. The van der Waals surface area contributed by atoms with Crippen LogP contribution in [0.5, 0.6) is 0 Å². The number of carbonyl (C=O) groups is 1. The van der Waals surface area contributed by atoms with Gasteiger partial charge in [-0.25, -0.2) is 4.98 Å². The Hall–Kier alpha value is -2.20. The van der Waals surface area contributed by atoms with Crippen molar-refractivity contribution in [3.8, 4) is 11.1 Å². The Morgan fingerprint density at radius 3 is 2.52 bits per heavy atom. The summed E-state index contributed by atoms with van der Waals surface area (Å²) in [4.78, 5) is 22.0. The van der Waals surface area contributed by atoms with Gasteiger partial charge in [0.25, 0.3) is 5.91 Å². The smallest absolute Gasteiger partial charge is 0.255 e. The Morgan fingerprint density at radius 1 is 1.12 bits per heavy atom. The predicted octanol–water partition coefficient (Wildman–Crippen LogP) is 4.77. The molecule has 0 saturated heterocycles. The number of rotatable bonds is 2. The molecular formula is C21H22N2OS. The van der Waals surface area contributed by atoms with Crippen molar-refractivity contribution in [3.63, 3.8) is 0 Å². The van der Waals surface area contributed by atoms with Gasteiger partial charge in [-0.2, -0.15) is 0 Å². The van der Waals surface area contributed by atoms with Gasteiger partial charge in [0.1, 0.15) is 4.83 Å². The molecule has 3 aromatic rings. The highest BCUT2D eigenvalue weighted by molar-refractivity contribution is 7.19. The molecule has 2 heterocycles. The minimum Gasteiger partial charge on any atom is -0.345 e. The molecule has 2 aromatic heterocycles. The fraction of sp³-hybridized carbons (Fsp3) is 0.333. The molecule has 0 fully saturated rings. The molecule has 0 aliphatic heterocycles. The van der Waals surface area contributed by atoms with E-state index in [1.807, 2.05) is 21.0 Å². The zero-order valence-corrected chi connectivity index (χ0v) is 16.0. The normalized spacial score (nSPS) is 13.3. The molecule has 0 saturated carbocycles. The van der Waals surface area contributed by atoms with Gasteiger partial charge in [-0.1, -0.05) is 29.8 Å². The number of aromatic nitrogens is 1. The van der Waals surface area contributed by atoms with E-state index in [9.17, 15) is 4.79 Å². The van der Waals surface area contributed by atoms with Crippen LogP contribution in [0.1, 0.15) is 38.5 Å². The maximum absolute atomic E-state index is 13.0. The van der Waals surface area contributed by atoms with E-state index in [1.54, 1.807) is 16.2 Å². The van der Waals surface area contributed by atoms with Crippen LogP contribution in [-0.2, 0) is 12.8 Å². The molecule has 1 aromatic carbocycles. The third-order valence-corrected chi connectivity index (χ3v) is 6.18. The van der Waals surface area contributed by atoms with Crippen LogP contribution in [-0.4, -0.2) is 29.9 Å². The number of benzene rings is 1. The monoisotopic (exact) mass is 350 g/mol. The van der Waals surface area contributed by atoms with E-state index in [-0.39, 0.29) is 5.91 Å². The first-order valence-electron chi connectivity index (χ1n) is 8.71. The molecule has 0 radical (unpaired) electrons. The standard InChI is InChI=1S/C21H22N2OS/c1-12-8-10-14(11-9-12)18-17(21(24)23(3)4)13(2)22-20-19(18)15-6-5-7-16(15)25-20/h8-11H,5-7H2,1-4H3. The van der Waals surface area contributed by atoms with Crippen LogP contribution >= 0.6 is 11.3 Å². The number of pyridine rings is 1. The van der Waals surface area contributed by atoms with Gasteiger partial charge >= 0.3 is 0 Å². The summed E-state index contributed by atoms with van der Waals surface area (Å²) in [7, 11) is 3.62. The van der Waals surface area contributed by atoms with Crippen LogP contribution in [0.4, 0.5) is 0 Å². The summed E-state index contributed by atoms with van der Waals surface area (Å²) in [5, 5.41) is 1.21. The van der Waals surface area contributed by atoms with E-state index in [4.69, 9.17) is 4.98 Å². The van der Waals surface area contributed by atoms with Crippen molar-refractivity contribution < 1.29 is 4.79 Å². The average molecular weight is 350 g/mol. The lowest BCUT2D eigenvalue weighted by molar-refractivity contribution is 0.0827. The van der Waals surface area contributed by atoms with Crippen molar-refractivity contribution in [2.45, 2.75) is 33.1 Å². The van der Waals surface area contributed by atoms with Crippen LogP contribution in [0.25, 0.3) is 21.3 Å². The lowest BCUT2D eigenvalue weighted by Gasteiger charge is -2.18. The molecule has 0 N–H and O–H groups in total. The Balaban J connectivity index is 2.12. The quantitative estimate of drug-likeness (QED) is 0.667. The molecule has 1 aliphatic carbocycles. The lowest BCUT2D eigenvalue weighted by atomic mass is 9.93. The molecule has 4 rings (SSSR count). The van der Waals surface area contributed by atoms with Crippen molar-refractivity contribution in [2.24, 2.45) is 0 Å². The minimum absolute atomic E-state index is 0.0282. The van der Waals surface area contributed by atoms with Crippen molar-refractivity contribution in [1.29, 1.82) is 0 Å². The molecule has 25 heavy (non-hydrogen) atoms. The van der Waals surface area contributed by atoms with Gasteiger partial charge in [-0.3, -0.25) is 4.79 Å². The van der Waals surface area contributed by atoms with Crippen LogP contribution in [0, 0.1) is 13.8 Å². The molecule has 1 amide bonds. The SMILES string of the molecule is Cc1ccc(-c2c(C(=O)N(C)C)c(C)nc3sc4c(c23)CCC4)cc1. The zero-order chi connectivity index (χ0) is 17.7. The van der Waals surface area contributed by atoms with E-state index in [2.05, 4.69) is 31.2 Å². The summed E-state index contributed by atoms with van der Waals surface area (Å²) in [5.74, 6) is 0.0282. The number of thiophene rings is 1. The Bertz CT molecular complexity index is 984. The number of carbonyl (C=O) groups excluding carboxylic acids is 1. The highest BCUT2D eigenvalue weighted by atomic mass is 32.1. The predicted molar refractivity (Wildman–Crippen MR) is 105 cm³/mol. The highest BCUT2D eigenvalue weighted by Gasteiger charge is 2.27. The van der Waals surface area contributed by atoms with E-state index >= 15 is 0 Å². The summed E-state index contributed by atoms with van der Waals surface area (Å²) < 4.78 is 0. The average Bonchev–Trinajstić information content (AvgIpc) is 3.14. The summed E-state index contributed by atoms with van der Waals surface area (Å²) in [6, 6.07) is 8.50. The van der Waals surface area contributed by atoms with Gasteiger partial charge in [0.15, 0.2) is 0 Å². The fourth-order valence-corrected chi connectivity index (χ4v) is 5.05. The molecule has 4 heteroatoms. The summed E-state index contributed by atoms with van der Waals surface area (Å²) >= 11 is 1.81. The lowest BCUT2D eigenvalue weighted by Crippen LogP contribution is -2.24. The van der Waals surface area contributed by atoms with Crippen molar-refractivity contribution >= 4 is 27.5 Å². The molecule has 128 valence electrons. The van der Waals surface area contributed by atoms with Gasteiger partial charge in [-0.05, 0) is 44.2 Å². The number of hydrogen-bond donors (Lipinski definition) is 0. The summed E-state index contributed by atoms with van der Waals surface area (Å²) in [6.45, 7) is 4.05. The van der Waals surface area contributed by atoms with Gasteiger partial charge < -0.3 is 4.90 Å². The number of aryl methyl sites for hydroxylation is 4. The molecule has 0 spiro atoms. The third kappa shape index (κ3) is 2.56. The van der Waals surface area contributed by atoms with Crippen molar-refractivity contribution in [3.05, 3.63) is 51.5 Å². The first-order valence-corrected chi connectivity index (χ1v) is 9.52. The molecule has 0 unspecified atom stereocenters. The van der Waals surface area contributed by atoms with Crippen molar-refractivity contribution in [2.75, 3.05) is 14.1 Å². The number of hydrogen-bond acceptors (Lipinski definition) is 3. The van der Waals surface area contributed by atoms with Crippen molar-refractivity contribution in [1.82, 2.24) is 9.88 Å². The van der Waals surface area contributed by atoms with Gasteiger partial charge in [0.2, 0.25) is 0 Å². The third-order valence-electron chi connectivity index (χ3n) is 4.99. The topological polar surface area (TPSA) is 33.2 Å². The Morgan fingerprint density at radius 2 is 1.84 bits per heavy atom. The Labute approximate surface area is 152 Å². The van der Waals surface area contributed by atoms with E-state index in [0.29, 0.717) is 0 Å².